The largest absolute Gasteiger partial charge is 0.479 e. The number of rotatable bonds is 7. The standard InChI is InChI=1S/C19H31N3O3/c1-3-21(19(23)10-9-16-13-18(24-2)20-25-16)14-15-7-6-12-22-11-5-4-8-17(15)22/h13,15,17H,3-12,14H2,1-2H3. The summed E-state index contributed by atoms with van der Waals surface area (Å²) in [6.07, 6.45) is 7.54. The molecule has 0 radical (unpaired) electrons. The molecule has 2 unspecified atom stereocenters. The van der Waals surface area contributed by atoms with Crippen molar-refractivity contribution in [3.63, 3.8) is 0 Å². The van der Waals surface area contributed by atoms with Crippen LogP contribution in [0.25, 0.3) is 0 Å². The number of hydrogen-bond acceptors (Lipinski definition) is 5. The maximum atomic E-state index is 12.7. The number of aromatic nitrogens is 1. The van der Waals surface area contributed by atoms with Crippen LogP contribution in [0.4, 0.5) is 0 Å². The SMILES string of the molecule is CCN(CC1CCCN2CCCCC12)C(=O)CCc1cc(OC)no1. The Balaban J connectivity index is 1.52. The van der Waals surface area contributed by atoms with Crippen molar-refractivity contribution in [2.75, 3.05) is 33.3 Å². The van der Waals surface area contributed by atoms with Gasteiger partial charge in [0, 0.05) is 38.0 Å². The number of amides is 1. The summed E-state index contributed by atoms with van der Waals surface area (Å²) in [5.74, 6) is 2.01. The lowest BCUT2D eigenvalue weighted by Gasteiger charge is -2.45. The van der Waals surface area contributed by atoms with Crippen LogP contribution >= 0.6 is 0 Å². The number of nitrogens with zero attached hydrogens (tertiary/aromatic N) is 3. The minimum absolute atomic E-state index is 0.214. The number of carbonyl (C=O) groups excluding carboxylic acids is 1. The third-order valence-electron chi connectivity index (χ3n) is 5.75. The molecule has 6 nitrogen and oxygen atoms in total. The summed E-state index contributed by atoms with van der Waals surface area (Å²) in [6, 6.07) is 2.44. The molecule has 6 heteroatoms. The molecule has 2 saturated heterocycles. The Bertz CT molecular complexity index is 558. The number of fused-ring (bicyclic) bond motifs is 1. The molecule has 1 aromatic rings. The van der Waals surface area contributed by atoms with Crippen LogP contribution in [0.5, 0.6) is 5.88 Å². The van der Waals surface area contributed by atoms with Crippen LogP contribution in [0, 0.1) is 5.92 Å². The summed E-state index contributed by atoms with van der Waals surface area (Å²) in [5, 5.41) is 3.79. The Labute approximate surface area is 150 Å². The van der Waals surface area contributed by atoms with Crippen LogP contribution in [0.3, 0.4) is 0 Å². The van der Waals surface area contributed by atoms with Crippen molar-refractivity contribution in [1.82, 2.24) is 15.0 Å². The first-order chi connectivity index (χ1) is 12.2. The highest BCUT2D eigenvalue weighted by Crippen LogP contribution is 2.31. The molecule has 2 aliphatic heterocycles. The van der Waals surface area contributed by atoms with Gasteiger partial charge in [-0.1, -0.05) is 6.42 Å². The van der Waals surface area contributed by atoms with E-state index in [4.69, 9.17) is 9.26 Å². The lowest BCUT2D eigenvalue weighted by atomic mass is 9.83. The molecule has 0 N–H and O–H groups in total. The first kappa shape index (κ1) is 18.2. The van der Waals surface area contributed by atoms with Gasteiger partial charge < -0.3 is 19.1 Å². The molecule has 140 valence electrons. The Kier molecular flexibility index (Phi) is 6.34. The van der Waals surface area contributed by atoms with Gasteiger partial charge in [-0.25, -0.2) is 0 Å². The van der Waals surface area contributed by atoms with Crippen LogP contribution in [0.2, 0.25) is 0 Å². The van der Waals surface area contributed by atoms with Gasteiger partial charge >= 0.3 is 0 Å². The zero-order valence-corrected chi connectivity index (χ0v) is 15.6. The average molecular weight is 349 g/mol. The van der Waals surface area contributed by atoms with Gasteiger partial charge in [-0.15, -0.1) is 0 Å². The van der Waals surface area contributed by atoms with Crippen molar-refractivity contribution in [1.29, 1.82) is 0 Å². The van der Waals surface area contributed by atoms with E-state index < -0.39 is 0 Å². The molecule has 3 heterocycles. The molecule has 25 heavy (non-hydrogen) atoms. The molecule has 3 rings (SSSR count). The second-order valence-corrected chi connectivity index (χ2v) is 7.27. The van der Waals surface area contributed by atoms with E-state index in [0.717, 1.165) is 13.1 Å². The van der Waals surface area contributed by atoms with Gasteiger partial charge in [0.05, 0.1) is 7.11 Å². The van der Waals surface area contributed by atoms with Crippen LogP contribution in [0.1, 0.15) is 51.2 Å². The third-order valence-corrected chi connectivity index (χ3v) is 5.75. The fourth-order valence-corrected chi connectivity index (χ4v) is 4.38. The highest BCUT2D eigenvalue weighted by Gasteiger charge is 2.34. The lowest BCUT2D eigenvalue weighted by Crippen LogP contribution is -2.51. The van der Waals surface area contributed by atoms with Crippen molar-refractivity contribution in [2.24, 2.45) is 5.92 Å². The summed E-state index contributed by atoms with van der Waals surface area (Å²) in [6.45, 7) is 6.25. The van der Waals surface area contributed by atoms with E-state index in [9.17, 15) is 4.79 Å². The predicted molar refractivity (Wildman–Crippen MR) is 95.6 cm³/mol. The van der Waals surface area contributed by atoms with Crippen molar-refractivity contribution in [3.8, 4) is 5.88 Å². The predicted octanol–water partition coefficient (Wildman–Crippen LogP) is 2.73. The van der Waals surface area contributed by atoms with Gasteiger partial charge in [0.25, 0.3) is 5.88 Å². The van der Waals surface area contributed by atoms with Crippen LogP contribution in [0.15, 0.2) is 10.6 Å². The molecule has 2 atom stereocenters. The number of methoxy groups -OCH3 is 1. The number of hydrogen-bond donors (Lipinski definition) is 0. The zero-order valence-electron chi connectivity index (χ0n) is 15.6. The topological polar surface area (TPSA) is 58.8 Å². The minimum atomic E-state index is 0.214. The third kappa shape index (κ3) is 4.54. The first-order valence-corrected chi connectivity index (χ1v) is 9.72. The summed E-state index contributed by atoms with van der Waals surface area (Å²) in [5.41, 5.74) is 0. The molecule has 0 aliphatic carbocycles. The van der Waals surface area contributed by atoms with E-state index in [2.05, 4.69) is 17.0 Å². The maximum absolute atomic E-state index is 12.7. The fourth-order valence-electron chi connectivity index (χ4n) is 4.38. The second kappa shape index (κ2) is 8.70. The molecule has 0 spiro atoms. The Morgan fingerprint density at radius 1 is 1.36 bits per heavy atom. The summed E-state index contributed by atoms with van der Waals surface area (Å²) in [4.78, 5) is 17.4. The summed E-state index contributed by atoms with van der Waals surface area (Å²) >= 11 is 0. The van der Waals surface area contributed by atoms with Gasteiger partial charge in [-0.05, 0) is 56.8 Å². The first-order valence-electron chi connectivity index (χ1n) is 9.72. The van der Waals surface area contributed by atoms with Crippen LogP contribution in [-0.2, 0) is 11.2 Å². The highest BCUT2D eigenvalue weighted by atomic mass is 16.5. The smallest absolute Gasteiger partial charge is 0.254 e. The second-order valence-electron chi connectivity index (χ2n) is 7.27. The summed E-state index contributed by atoms with van der Waals surface area (Å²) in [7, 11) is 1.56. The van der Waals surface area contributed by atoms with Crippen molar-refractivity contribution in [2.45, 2.75) is 57.9 Å². The normalized spacial score (nSPS) is 23.9. The molecule has 0 aromatic carbocycles. The van der Waals surface area contributed by atoms with Crippen LogP contribution < -0.4 is 4.74 Å². The van der Waals surface area contributed by atoms with Gasteiger partial charge in [-0.3, -0.25) is 4.79 Å². The number of ether oxygens (including phenoxy) is 1. The molecular weight excluding hydrogens is 318 g/mol. The molecular formula is C19H31N3O3. The van der Waals surface area contributed by atoms with E-state index in [0.29, 0.717) is 36.4 Å². The van der Waals surface area contributed by atoms with Crippen molar-refractivity contribution >= 4 is 5.91 Å². The Morgan fingerprint density at radius 2 is 2.20 bits per heavy atom. The Morgan fingerprint density at radius 3 is 2.96 bits per heavy atom. The zero-order chi connectivity index (χ0) is 17.6. The number of piperidine rings is 2. The lowest BCUT2D eigenvalue weighted by molar-refractivity contribution is -0.132. The van der Waals surface area contributed by atoms with Gasteiger partial charge in [0.15, 0.2) is 0 Å². The minimum Gasteiger partial charge on any atom is -0.479 e. The van der Waals surface area contributed by atoms with E-state index in [-0.39, 0.29) is 5.91 Å². The van der Waals surface area contributed by atoms with Gasteiger partial charge in [0.2, 0.25) is 5.91 Å². The number of aryl methyl sites for hydroxylation is 1. The van der Waals surface area contributed by atoms with Crippen LogP contribution in [-0.4, -0.2) is 60.2 Å². The number of carbonyl (C=O) groups is 1. The van der Waals surface area contributed by atoms with Crippen molar-refractivity contribution in [3.05, 3.63) is 11.8 Å². The quantitative estimate of drug-likeness (QED) is 0.757. The average Bonchev–Trinajstić information content (AvgIpc) is 3.12. The molecule has 1 amide bonds. The maximum Gasteiger partial charge on any atom is 0.254 e. The van der Waals surface area contributed by atoms with Gasteiger partial charge in [-0.2, -0.15) is 0 Å². The fraction of sp³-hybridized carbons (Fsp3) is 0.789. The summed E-state index contributed by atoms with van der Waals surface area (Å²) < 4.78 is 10.2. The Hall–Kier alpha value is -1.56. The van der Waals surface area contributed by atoms with E-state index in [1.807, 2.05) is 4.90 Å². The van der Waals surface area contributed by atoms with E-state index >= 15 is 0 Å². The highest BCUT2D eigenvalue weighted by molar-refractivity contribution is 5.76. The van der Waals surface area contributed by atoms with E-state index in [1.165, 1.54) is 45.2 Å². The molecule has 2 aliphatic rings. The monoisotopic (exact) mass is 349 g/mol. The molecule has 2 fully saturated rings. The molecule has 1 aromatic heterocycles. The van der Waals surface area contributed by atoms with Gasteiger partial charge in [0.1, 0.15) is 5.76 Å². The van der Waals surface area contributed by atoms with E-state index in [1.54, 1.807) is 13.2 Å². The molecule has 0 saturated carbocycles. The molecule has 0 bridgehead atoms. The van der Waals surface area contributed by atoms with Crippen molar-refractivity contribution < 1.29 is 14.1 Å².